The molecule has 0 bridgehead atoms. The number of Topliss-reactive ketones (excluding diaryl/α,β-unsaturated/α-hetero) is 1. The highest BCUT2D eigenvalue weighted by Crippen LogP contribution is 2.35. The summed E-state index contributed by atoms with van der Waals surface area (Å²) in [6.07, 6.45) is 0. The van der Waals surface area contributed by atoms with Crippen LogP contribution in [0.25, 0.3) is 9.88 Å². The fourth-order valence-electron chi connectivity index (χ4n) is 1.43. The fraction of sp³-hybridized carbons (Fsp3) is 0.250. The predicted molar refractivity (Wildman–Crippen MR) is 76.4 cm³/mol. The molecule has 0 spiro atoms. The Hall–Kier alpha value is -1.24. The second-order valence-corrected chi connectivity index (χ2v) is 6.29. The van der Waals surface area contributed by atoms with E-state index in [9.17, 15) is 9.59 Å². The van der Waals surface area contributed by atoms with Gasteiger partial charge in [0.2, 0.25) is 0 Å². The molecule has 0 radical (unpaired) electrons. The highest BCUT2D eigenvalue weighted by Gasteiger charge is 2.23. The third-order valence-electron chi connectivity index (χ3n) is 2.20. The number of ether oxygens (including phenoxy) is 1. The lowest BCUT2D eigenvalue weighted by molar-refractivity contribution is 0.0517. The largest absolute Gasteiger partial charge is 0.461 e. The summed E-state index contributed by atoms with van der Waals surface area (Å²) in [5.41, 5.74) is 0.0823. The summed E-state index contributed by atoms with van der Waals surface area (Å²) in [4.78, 5) is 28.7. The van der Waals surface area contributed by atoms with Gasteiger partial charge in [0, 0.05) is 6.92 Å². The molecule has 2 aromatic rings. The van der Waals surface area contributed by atoms with Gasteiger partial charge in [-0.15, -0.1) is 22.7 Å². The van der Waals surface area contributed by atoms with E-state index in [-0.39, 0.29) is 18.1 Å². The first-order valence-electron chi connectivity index (χ1n) is 5.47. The predicted octanol–water partition coefficient (Wildman–Crippen LogP) is 3.90. The van der Waals surface area contributed by atoms with Gasteiger partial charge in [-0.3, -0.25) is 4.79 Å². The van der Waals surface area contributed by atoms with E-state index in [0.717, 1.165) is 4.88 Å². The van der Waals surface area contributed by atoms with Crippen LogP contribution in [0.5, 0.6) is 0 Å². The number of rotatable bonds is 4. The molecule has 0 unspecified atom stereocenters. The molecule has 19 heavy (non-hydrogen) atoms. The van der Waals surface area contributed by atoms with Crippen molar-refractivity contribution in [3.05, 3.63) is 27.0 Å². The van der Waals surface area contributed by atoms with Crippen LogP contribution in [0.4, 0.5) is 0 Å². The normalized spacial score (nSPS) is 10.5. The number of esters is 1. The van der Waals surface area contributed by atoms with E-state index in [1.54, 1.807) is 13.0 Å². The van der Waals surface area contributed by atoms with Gasteiger partial charge >= 0.3 is 5.97 Å². The van der Waals surface area contributed by atoms with Gasteiger partial charge < -0.3 is 4.74 Å². The topological polar surface area (TPSA) is 56.3 Å². The standard InChI is InChI=1S/C12H10ClNO3S2/c1-3-17-12(16)9-10(6(2)15)19-11(14-9)7-4-5-8(13)18-7/h4-5H,3H2,1-2H3. The molecule has 2 aromatic heterocycles. The molecule has 0 aliphatic carbocycles. The molecule has 100 valence electrons. The summed E-state index contributed by atoms with van der Waals surface area (Å²) in [7, 11) is 0. The molecule has 0 aliphatic heterocycles. The van der Waals surface area contributed by atoms with E-state index in [2.05, 4.69) is 4.98 Å². The number of aromatic nitrogens is 1. The second kappa shape index (κ2) is 5.81. The van der Waals surface area contributed by atoms with Crippen molar-refractivity contribution in [2.45, 2.75) is 13.8 Å². The minimum Gasteiger partial charge on any atom is -0.461 e. The summed E-state index contributed by atoms with van der Waals surface area (Å²) in [5.74, 6) is -0.771. The van der Waals surface area contributed by atoms with Gasteiger partial charge in [0.05, 0.1) is 15.8 Å². The van der Waals surface area contributed by atoms with Crippen molar-refractivity contribution in [3.63, 3.8) is 0 Å². The first-order valence-corrected chi connectivity index (χ1v) is 7.48. The van der Waals surface area contributed by atoms with E-state index in [1.807, 2.05) is 6.07 Å². The molecule has 0 aliphatic rings. The van der Waals surface area contributed by atoms with Crippen molar-refractivity contribution in [1.29, 1.82) is 0 Å². The maximum atomic E-state index is 11.8. The van der Waals surface area contributed by atoms with Crippen molar-refractivity contribution < 1.29 is 14.3 Å². The number of thiazole rings is 1. The molecule has 0 fully saturated rings. The lowest BCUT2D eigenvalue weighted by atomic mass is 10.3. The molecule has 2 rings (SSSR count). The van der Waals surface area contributed by atoms with E-state index in [0.29, 0.717) is 14.2 Å². The van der Waals surface area contributed by atoms with E-state index in [4.69, 9.17) is 16.3 Å². The SMILES string of the molecule is CCOC(=O)c1nc(-c2ccc(Cl)s2)sc1C(C)=O. The van der Waals surface area contributed by atoms with Gasteiger partial charge in [-0.05, 0) is 19.1 Å². The zero-order chi connectivity index (χ0) is 14.0. The molecule has 4 nitrogen and oxygen atoms in total. The maximum Gasteiger partial charge on any atom is 0.358 e. The van der Waals surface area contributed by atoms with E-state index in [1.165, 1.54) is 29.6 Å². The molecule has 0 aromatic carbocycles. The summed E-state index contributed by atoms with van der Waals surface area (Å²) < 4.78 is 5.54. The number of ketones is 1. The lowest BCUT2D eigenvalue weighted by Gasteiger charge is -1.98. The van der Waals surface area contributed by atoms with Crippen LogP contribution in [0.3, 0.4) is 0 Å². The van der Waals surface area contributed by atoms with Gasteiger partial charge in [-0.1, -0.05) is 11.6 Å². The lowest BCUT2D eigenvalue weighted by Crippen LogP contribution is -2.09. The van der Waals surface area contributed by atoms with E-state index < -0.39 is 5.97 Å². The summed E-state index contributed by atoms with van der Waals surface area (Å²) in [6, 6.07) is 3.56. The van der Waals surface area contributed by atoms with Crippen LogP contribution in [-0.4, -0.2) is 23.3 Å². The highest BCUT2D eigenvalue weighted by molar-refractivity contribution is 7.24. The van der Waals surface area contributed by atoms with Crippen LogP contribution >= 0.6 is 34.3 Å². The Balaban J connectivity index is 2.46. The zero-order valence-corrected chi connectivity index (χ0v) is 12.6. The average Bonchev–Trinajstić information content (AvgIpc) is 2.94. The van der Waals surface area contributed by atoms with Crippen LogP contribution in [0.2, 0.25) is 4.34 Å². The van der Waals surface area contributed by atoms with Crippen LogP contribution < -0.4 is 0 Å². The van der Waals surface area contributed by atoms with Gasteiger partial charge in [0.25, 0.3) is 0 Å². The summed E-state index contributed by atoms with van der Waals surface area (Å²) >= 11 is 8.40. The van der Waals surface area contributed by atoms with Crippen molar-refractivity contribution in [2.75, 3.05) is 6.61 Å². The second-order valence-electron chi connectivity index (χ2n) is 3.58. The Labute approximate surface area is 123 Å². The number of halogens is 1. The molecule has 0 saturated carbocycles. The number of thiophene rings is 1. The molecule has 0 saturated heterocycles. The molecule has 0 N–H and O–H groups in total. The smallest absolute Gasteiger partial charge is 0.358 e. The van der Waals surface area contributed by atoms with Crippen molar-refractivity contribution in [2.24, 2.45) is 0 Å². The van der Waals surface area contributed by atoms with Gasteiger partial charge in [-0.25, -0.2) is 9.78 Å². The van der Waals surface area contributed by atoms with E-state index >= 15 is 0 Å². The quantitative estimate of drug-likeness (QED) is 0.634. The molecule has 2 heterocycles. The Morgan fingerprint density at radius 1 is 1.37 bits per heavy atom. The number of carbonyl (C=O) groups excluding carboxylic acids is 2. The Morgan fingerprint density at radius 2 is 2.11 bits per heavy atom. The number of carbonyl (C=O) groups is 2. The first kappa shape index (κ1) is 14.2. The fourth-order valence-corrected chi connectivity index (χ4v) is 3.48. The minimum absolute atomic E-state index is 0.0823. The van der Waals surface area contributed by atoms with Gasteiger partial charge in [-0.2, -0.15) is 0 Å². The van der Waals surface area contributed by atoms with Crippen LogP contribution in [0.1, 0.15) is 34.0 Å². The van der Waals surface area contributed by atoms with Crippen molar-refractivity contribution >= 4 is 46.0 Å². The zero-order valence-electron chi connectivity index (χ0n) is 10.2. The Bertz CT molecular complexity index is 633. The Kier molecular flexibility index (Phi) is 4.34. The molecular weight excluding hydrogens is 306 g/mol. The first-order chi connectivity index (χ1) is 9.02. The summed E-state index contributed by atoms with van der Waals surface area (Å²) in [5, 5.41) is 0.602. The molecule has 0 amide bonds. The van der Waals surface area contributed by atoms with Crippen molar-refractivity contribution in [3.8, 4) is 9.88 Å². The summed E-state index contributed by atoms with van der Waals surface area (Å²) in [6.45, 7) is 3.35. The number of nitrogens with zero attached hydrogens (tertiary/aromatic N) is 1. The molecular formula is C12H10ClNO3S2. The Morgan fingerprint density at radius 3 is 2.63 bits per heavy atom. The molecule has 0 atom stereocenters. The van der Waals surface area contributed by atoms with Gasteiger partial charge in [0.15, 0.2) is 11.5 Å². The number of hydrogen-bond donors (Lipinski definition) is 0. The van der Waals surface area contributed by atoms with Crippen molar-refractivity contribution in [1.82, 2.24) is 4.98 Å². The molecule has 7 heteroatoms. The highest BCUT2D eigenvalue weighted by atomic mass is 35.5. The van der Waals surface area contributed by atoms with Gasteiger partial charge in [0.1, 0.15) is 9.88 Å². The van der Waals surface area contributed by atoms with Crippen LogP contribution in [0.15, 0.2) is 12.1 Å². The minimum atomic E-state index is -0.571. The third kappa shape index (κ3) is 3.02. The van der Waals surface area contributed by atoms with Crippen LogP contribution in [-0.2, 0) is 4.74 Å². The monoisotopic (exact) mass is 315 g/mol. The maximum absolute atomic E-state index is 11.8. The average molecular weight is 316 g/mol. The van der Waals surface area contributed by atoms with Crippen LogP contribution in [0, 0.1) is 0 Å². The third-order valence-corrected chi connectivity index (χ3v) is 4.76. The number of hydrogen-bond acceptors (Lipinski definition) is 6.